The minimum Gasteiger partial charge on any atom is -0.312 e. The first kappa shape index (κ1) is 12.2. The maximum Gasteiger partial charge on any atom is 0.126 e. The Morgan fingerprint density at radius 1 is 1.11 bits per heavy atom. The number of fused-ring (bicyclic) bond motifs is 1. The molecule has 0 saturated heterocycles. The second kappa shape index (κ2) is 5.01. The first-order chi connectivity index (χ1) is 9.22. The van der Waals surface area contributed by atoms with Crippen molar-refractivity contribution in [1.29, 1.82) is 0 Å². The van der Waals surface area contributed by atoms with E-state index in [1.807, 2.05) is 0 Å². The van der Waals surface area contributed by atoms with Gasteiger partial charge in [-0.2, -0.15) is 0 Å². The van der Waals surface area contributed by atoms with Crippen LogP contribution in [0.25, 0.3) is 0 Å². The number of nitrogens with zero attached hydrogens (tertiary/aromatic N) is 2. The van der Waals surface area contributed by atoms with Crippen molar-refractivity contribution >= 4 is 0 Å². The van der Waals surface area contributed by atoms with Gasteiger partial charge < -0.3 is 5.32 Å². The highest BCUT2D eigenvalue weighted by Gasteiger charge is 2.15. The van der Waals surface area contributed by atoms with Gasteiger partial charge in [0.2, 0.25) is 0 Å². The van der Waals surface area contributed by atoms with Crippen LogP contribution in [0.15, 0.2) is 24.5 Å². The quantitative estimate of drug-likeness (QED) is 0.898. The van der Waals surface area contributed by atoms with Gasteiger partial charge in [0.1, 0.15) is 18.0 Å². The van der Waals surface area contributed by atoms with Crippen molar-refractivity contribution in [3.8, 4) is 0 Å². The van der Waals surface area contributed by atoms with E-state index in [0.717, 1.165) is 36.0 Å². The molecule has 19 heavy (non-hydrogen) atoms. The molecule has 0 spiro atoms. The summed E-state index contributed by atoms with van der Waals surface area (Å²) in [6.07, 6.45) is 2.80. The van der Waals surface area contributed by atoms with Crippen LogP contribution in [0.1, 0.15) is 22.5 Å². The summed E-state index contributed by atoms with van der Waals surface area (Å²) in [5, 5.41) is 3.26. The van der Waals surface area contributed by atoms with Gasteiger partial charge in [0.25, 0.3) is 0 Å². The molecule has 1 aliphatic rings. The number of rotatable bonds is 2. The number of benzene rings is 1. The Hall–Kier alpha value is -1.88. The van der Waals surface area contributed by atoms with Gasteiger partial charge in [0.15, 0.2) is 0 Å². The highest BCUT2D eigenvalue weighted by molar-refractivity contribution is 5.32. The zero-order valence-corrected chi connectivity index (χ0v) is 10.3. The van der Waals surface area contributed by atoms with Crippen molar-refractivity contribution in [3.05, 3.63) is 58.7 Å². The van der Waals surface area contributed by atoms with Gasteiger partial charge in [-0.05, 0) is 17.7 Å². The summed E-state index contributed by atoms with van der Waals surface area (Å²) in [6.45, 7) is 1.61. The van der Waals surface area contributed by atoms with Crippen molar-refractivity contribution in [2.75, 3.05) is 6.54 Å². The molecule has 1 aromatic heterocycles. The third-order valence-electron chi connectivity index (χ3n) is 3.26. The van der Waals surface area contributed by atoms with Crippen LogP contribution < -0.4 is 5.32 Å². The van der Waals surface area contributed by atoms with Crippen LogP contribution in [0.2, 0.25) is 0 Å². The Bertz CT molecular complexity index is 593. The molecule has 3 rings (SSSR count). The van der Waals surface area contributed by atoms with Gasteiger partial charge in [0, 0.05) is 43.3 Å². The molecule has 1 aromatic carbocycles. The lowest BCUT2D eigenvalue weighted by atomic mass is 10.0. The number of nitrogens with one attached hydrogen (secondary N) is 1. The second-order valence-corrected chi connectivity index (χ2v) is 4.63. The first-order valence-electron chi connectivity index (χ1n) is 6.19. The van der Waals surface area contributed by atoms with Crippen LogP contribution in [-0.2, 0) is 19.4 Å². The van der Waals surface area contributed by atoms with Gasteiger partial charge in [-0.15, -0.1) is 0 Å². The summed E-state index contributed by atoms with van der Waals surface area (Å²) in [4.78, 5) is 8.51. The van der Waals surface area contributed by atoms with Crippen LogP contribution in [0.4, 0.5) is 8.78 Å². The molecule has 2 aromatic rings. The third kappa shape index (κ3) is 2.61. The molecule has 2 heterocycles. The smallest absolute Gasteiger partial charge is 0.126 e. The molecule has 0 bridgehead atoms. The van der Waals surface area contributed by atoms with E-state index in [4.69, 9.17) is 0 Å². The highest BCUT2D eigenvalue weighted by atomic mass is 19.1. The van der Waals surface area contributed by atoms with Crippen LogP contribution in [-0.4, -0.2) is 16.5 Å². The predicted octanol–water partition coefficient (Wildman–Crippen LogP) is 1.99. The fourth-order valence-corrected chi connectivity index (χ4v) is 2.39. The van der Waals surface area contributed by atoms with Gasteiger partial charge in [-0.25, -0.2) is 18.7 Å². The molecule has 0 amide bonds. The van der Waals surface area contributed by atoms with Crippen LogP contribution in [0, 0.1) is 11.6 Å². The molecule has 1 N–H and O–H groups in total. The fraction of sp³-hybridized carbons (Fsp3) is 0.286. The lowest BCUT2D eigenvalue weighted by Crippen LogP contribution is -2.26. The number of halogens is 2. The Balaban J connectivity index is 1.95. The molecular weight excluding hydrogens is 248 g/mol. The molecule has 0 saturated carbocycles. The molecule has 0 unspecified atom stereocenters. The Kier molecular flexibility index (Phi) is 3.21. The van der Waals surface area contributed by atoms with Crippen LogP contribution >= 0.6 is 0 Å². The van der Waals surface area contributed by atoms with Gasteiger partial charge >= 0.3 is 0 Å². The summed E-state index contributed by atoms with van der Waals surface area (Å²) < 4.78 is 26.4. The van der Waals surface area contributed by atoms with Crippen molar-refractivity contribution in [3.63, 3.8) is 0 Å². The summed E-state index contributed by atoms with van der Waals surface area (Å²) in [5.74, 6) is -1.12. The number of aromatic nitrogens is 2. The summed E-state index contributed by atoms with van der Waals surface area (Å²) in [6, 6.07) is 3.56. The molecule has 1 aliphatic heterocycles. The van der Waals surface area contributed by atoms with Crippen molar-refractivity contribution in [2.24, 2.45) is 0 Å². The minimum atomic E-state index is -0.559. The minimum absolute atomic E-state index is 0.418. The summed E-state index contributed by atoms with van der Waals surface area (Å²) in [5.41, 5.74) is 3.50. The van der Waals surface area contributed by atoms with E-state index >= 15 is 0 Å². The standard InChI is InChI=1S/C14H13F2N3/c15-10-3-9(4-11(16)6-10)5-14-12-7-17-2-1-13(12)18-8-19-14/h3-4,6,8,17H,1-2,5,7H2. The zero-order chi connectivity index (χ0) is 13.2. The topological polar surface area (TPSA) is 37.8 Å². The van der Waals surface area contributed by atoms with Crippen molar-refractivity contribution < 1.29 is 8.78 Å². The maximum atomic E-state index is 13.2. The van der Waals surface area contributed by atoms with E-state index in [9.17, 15) is 8.78 Å². The average Bonchev–Trinajstić information content (AvgIpc) is 2.38. The van der Waals surface area contributed by atoms with Crippen molar-refractivity contribution in [1.82, 2.24) is 15.3 Å². The predicted molar refractivity (Wildman–Crippen MR) is 66.6 cm³/mol. The van der Waals surface area contributed by atoms with E-state index in [1.54, 1.807) is 0 Å². The lowest BCUT2D eigenvalue weighted by molar-refractivity contribution is 0.579. The second-order valence-electron chi connectivity index (χ2n) is 4.63. The highest BCUT2D eigenvalue weighted by Crippen LogP contribution is 2.18. The average molecular weight is 261 g/mol. The molecule has 0 fully saturated rings. The van der Waals surface area contributed by atoms with Gasteiger partial charge in [-0.1, -0.05) is 0 Å². The number of hydrogen-bond acceptors (Lipinski definition) is 3. The third-order valence-corrected chi connectivity index (χ3v) is 3.26. The zero-order valence-electron chi connectivity index (χ0n) is 10.3. The molecular formula is C14H13F2N3. The van der Waals surface area contributed by atoms with Gasteiger partial charge in [-0.3, -0.25) is 0 Å². The van der Waals surface area contributed by atoms with E-state index in [-0.39, 0.29) is 0 Å². The Morgan fingerprint density at radius 2 is 1.89 bits per heavy atom. The Labute approximate surface area is 109 Å². The molecule has 0 atom stereocenters. The lowest BCUT2D eigenvalue weighted by Gasteiger charge is -2.18. The van der Waals surface area contributed by atoms with Crippen LogP contribution in [0.5, 0.6) is 0 Å². The van der Waals surface area contributed by atoms with Gasteiger partial charge in [0.05, 0.1) is 5.69 Å². The van der Waals surface area contributed by atoms with Crippen molar-refractivity contribution in [2.45, 2.75) is 19.4 Å². The molecule has 0 radical (unpaired) electrons. The summed E-state index contributed by atoms with van der Waals surface area (Å²) in [7, 11) is 0. The number of hydrogen-bond donors (Lipinski definition) is 1. The van der Waals surface area contributed by atoms with E-state index in [2.05, 4.69) is 15.3 Å². The molecule has 3 nitrogen and oxygen atoms in total. The maximum absolute atomic E-state index is 13.2. The molecule has 98 valence electrons. The largest absolute Gasteiger partial charge is 0.312 e. The molecule has 0 aliphatic carbocycles. The Morgan fingerprint density at radius 3 is 2.68 bits per heavy atom. The van der Waals surface area contributed by atoms with E-state index < -0.39 is 11.6 Å². The fourth-order valence-electron chi connectivity index (χ4n) is 2.39. The summed E-state index contributed by atoms with van der Waals surface area (Å²) >= 11 is 0. The normalized spacial score (nSPS) is 14.2. The monoisotopic (exact) mass is 261 g/mol. The van der Waals surface area contributed by atoms with Crippen LogP contribution in [0.3, 0.4) is 0 Å². The van der Waals surface area contributed by atoms with E-state index in [1.165, 1.54) is 18.5 Å². The molecule has 5 heteroatoms. The first-order valence-corrected chi connectivity index (χ1v) is 6.19. The van der Waals surface area contributed by atoms with E-state index in [0.29, 0.717) is 18.5 Å². The SMILES string of the molecule is Fc1cc(F)cc(Cc2ncnc3c2CNCC3)c1.